The zero-order valence-corrected chi connectivity index (χ0v) is 9.79. The van der Waals surface area contributed by atoms with E-state index in [1.165, 1.54) is 6.07 Å². The van der Waals surface area contributed by atoms with Crippen LogP contribution in [0.1, 0.15) is 19.4 Å². The van der Waals surface area contributed by atoms with Crippen molar-refractivity contribution in [2.75, 3.05) is 5.88 Å². The molecule has 14 heavy (non-hydrogen) atoms. The fourth-order valence-electron chi connectivity index (χ4n) is 1.23. The minimum absolute atomic E-state index is 0.0871. The summed E-state index contributed by atoms with van der Waals surface area (Å²) in [5.74, 6) is 0.255. The van der Waals surface area contributed by atoms with E-state index in [2.05, 4.69) is 0 Å². The Morgan fingerprint density at radius 2 is 2.00 bits per heavy atom. The Balaban J connectivity index is 2.87. The van der Waals surface area contributed by atoms with Crippen molar-refractivity contribution in [3.63, 3.8) is 0 Å². The zero-order valence-electron chi connectivity index (χ0n) is 8.28. The lowest BCUT2D eigenvalue weighted by atomic mass is 9.88. The number of benzene rings is 1. The third-order valence-electron chi connectivity index (χ3n) is 2.05. The van der Waals surface area contributed by atoms with Crippen LogP contribution < -0.4 is 0 Å². The molecular formula is C11H13Cl2F. The molecule has 0 aliphatic heterocycles. The number of halogens is 3. The van der Waals surface area contributed by atoms with Gasteiger partial charge in [0.05, 0.1) is 0 Å². The second kappa shape index (κ2) is 4.50. The Morgan fingerprint density at radius 1 is 1.36 bits per heavy atom. The molecule has 0 aliphatic carbocycles. The molecule has 0 bridgehead atoms. The lowest BCUT2D eigenvalue weighted by molar-refractivity contribution is 0.408. The van der Waals surface area contributed by atoms with Crippen molar-refractivity contribution in [1.82, 2.24) is 0 Å². The van der Waals surface area contributed by atoms with Crippen LogP contribution in [0.25, 0.3) is 0 Å². The summed E-state index contributed by atoms with van der Waals surface area (Å²) in [5, 5.41) is 0.426. The highest BCUT2D eigenvalue weighted by Crippen LogP contribution is 2.25. The van der Waals surface area contributed by atoms with Crippen LogP contribution in [0.4, 0.5) is 4.39 Å². The van der Waals surface area contributed by atoms with Crippen LogP contribution in [0.15, 0.2) is 18.2 Å². The predicted octanol–water partition coefficient (Wildman–Crippen LogP) is 4.29. The number of hydrogen-bond acceptors (Lipinski definition) is 0. The molecule has 0 N–H and O–H groups in total. The maximum atomic E-state index is 13.4. The van der Waals surface area contributed by atoms with E-state index in [9.17, 15) is 4.39 Å². The van der Waals surface area contributed by atoms with E-state index >= 15 is 0 Å². The van der Waals surface area contributed by atoms with E-state index in [0.29, 0.717) is 22.9 Å². The van der Waals surface area contributed by atoms with Crippen LogP contribution in [0.3, 0.4) is 0 Å². The van der Waals surface area contributed by atoms with Gasteiger partial charge in [0.15, 0.2) is 0 Å². The number of alkyl halides is 1. The van der Waals surface area contributed by atoms with Crippen LogP contribution in [0.2, 0.25) is 5.02 Å². The Labute approximate surface area is 94.0 Å². The second-order valence-electron chi connectivity index (χ2n) is 4.21. The average Bonchev–Trinajstić information content (AvgIpc) is 2.10. The van der Waals surface area contributed by atoms with E-state index in [1.807, 2.05) is 13.8 Å². The van der Waals surface area contributed by atoms with Crippen LogP contribution in [0.5, 0.6) is 0 Å². The van der Waals surface area contributed by atoms with Gasteiger partial charge in [-0.2, -0.15) is 0 Å². The monoisotopic (exact) mass is 234 g/mol. The molecule has 1 aromatic rings. The standard InChI is InChI=1S/C11H13Cl2F/c1-11(2,7-12)6-8-3-4-9(13)5-10(8)14/h3-5H,6-7H2,1-2H3. The van der Waals surface area contributed by atoms with Crippen molar-refractivity contribution in [2.24, 2.45) is 5.41 Å². The first kappa shape index (κ1) is 11.8. The highest BCUT2D eigenvalue weighted by molar-refractivity contribution is 6.30. The maximum Gasteiger partial charge on any atom is 0.127 e. The SMILES string of the molecule is CC(C)(CCl)Cc1ccc(Cl)cc1F. The summed E-state index contributed by atoms with van der Waals surface area (Å²) in [6.07, 6.45) is 0.625. The Morgan fingerprint density at radius 3 is 2.50 bits per heavy atom. The molecular weight excluding hydrogens is 222 g/mol. The Hall–Kier alpha value is -0.270. The van der Waals surface area contributed by atoms with E-state index < -0.39 is 0 Å². The molecule has 0 aliphatic rings. The lowest BCUT2D eigenvalue weighted by Crippen LogP contribution is -2.17. The molecule has 0 amide bonds. The highest BCUT2D eigenvalue weighted by Gasteiger charge is 2.19. The van der Waals surface area contributed by atoms with Gasteiger partial charge in [-0.05, 0) is 29.5 Å². The number of hydrogen-bond donors (Lipinski definition) is 0. The zero-order chi connectivity index (χ0) is 10.8. The van der Waals surface area contributed by atoms with Gasteiger partial charge in [-0.25, -0.2) is 4.39 Å². The quantitative estimate of drug-likeness (QED) is 0.685. The molecule has 0 aromatic heterocycles. The van der Waals surface area contributed by atoms with Gasteiger partial charge in [-0.3, -0.25) is 0 Å². The average molecular weight is 235 g/mol. The third kappa shape index (κ3) is 3.14. The predicted molar refractivity (Wildman–Crippen MR) is 59.6 cm³/mol. The van der Waals surface area contributed by atoms with Gasteiger partial charge < -0.3 is 0 Å². The van der Waals surface area contributed by atoms with Gasteiger partial charge in [0.1, 0.15) is 5.82 Å². The molecule has 0 atom stereocenters. The van der Waals surface area contributed by atoms with E-state index in [1.54, 1.807) is 12.1 Å². The molecule has 0 radical (unpaired) electrons. The summed E-state index contributed by atoms with van der Waals surface area (Å²) in [7, 11) is 0. The van der Waals surface area contributed by atoms with E-state index in [4.69, 9.17) is 23.2 Å². The van der Waals surface area contributed by atoms with Gasteiger partial charge in [-0.1, -0.05) is 31.5 Å². The molecule has 78 valence electrons. The minimum Gasteiger partial charge on any atom is -0.207 e. The topological polar surface area (TPSA) is 0 Å². The first-order valence-corrected chi connectivity index (χ1v) is 5.36. The van der Waals surface area contributed by atoms with Crippen molar-refractivity contribution in [2.45, 2.75) is 20.3 Å². The fourth-order valence-corrected chi connectivity index (χ4v) is 1.48. The first-order valence-electron chi connectivity index (χ1n) is 4.44. The maximum absolute atomic E-state index is 13.4. The molecule has 0 saturated carbocycles. The van der Waals surface area contributed by atoms with Crippen molar-refractivity contribution in [3.05, 3.63) is 34.6 Å². The van der Waals surface area contributed by atoms with Gasteiger partial charge in [0, 0.05) is 10.9 Å². The minimum atomic E-state index is -0.254. The molecule has 0 unspecified atom stereocenters. The highest BCUT2D eigenvalue weighted by atomic mass is 35.5. The Kier molecular flexibility index (Phi) is 3.79. The molecule has 0 nitrogen and oxygen atoms in total. The van der Waals surface area contributed by atoms with Crippen molar-refractivity contribution in [1.29, 1.82) is 0 Å². The molecule has 1 rings (SSSR count). The van der Waals surface area contributed by atoms with E-state index in [0.717, 1.165) is 0 Å². The third-order valence-corrected chi connectivity index (χ3v) is 3.00. The fraction of sp³-hybridized carbons (Fsp3) is 0.455. The Bertz CT molecular complexity index is 321. The van der Waals surface area contributed by atoms with Gasteiger partial charge in [0.25, 0.3) is 0 Å². The van der Waals surface area contributed by atoms with E-state index in [-0.39, 0.29) is 11.2 Å². The summed E-state index contributed by atoms with van der Waals surface area (Å²) in [6, 6.07) is 4.75. The van der Waals surface area contributed by atoms with Crippen LogP contribution in [-0.2, 0) is 6.42 Å². The summed E-state index contributed by atoms with van der Waals surface area (Å²) in [6.45, 7) is 4.02. The van der Waals surface area contributed by atoms with Gasteiger partial charge in [-0.15, -0.1) is 11.6 Å². The van der Waals surface area contributed by atoms with Crippen LogP contribution in [-0.4, -0.2) is 5.88 Å². The molecule has 1 aromatic carbocycles. The second-order valence-corrected chi connectivity index (χ2v) is 4.91. The van der Waals surface area contributed by atoms with Gasteiger partial charge in [0.2, 0.25) is 0 Å². The summed E-state index contributed by atoms with van der Waals surface area (Å²) in [5.41, 5.74) is 0.580. The summed E-state index contributed by atoms with van der Waals surface area (Å²) in [4.78, 5) is 0. The number of rotatable bonds is 3. The summed E-state index contributed by atoms with van der Waals surface area (Å²) >= 11 is 11.4. The molecule has 0 fully saturated rings. The van der Waals surface area contributed by atoms with Crippen molar-refractivity contribution in [3.8, 4) is 0 Å². The summed E-state index contributed by atoms with van der Waals surface area (Å²) < 4.78 is 13.4. The normalized spacial score (nSPS) is 11.8. The molecule has 0 spiro atoms. The first-order chi connectivity index (χ1) is 6.44. The van der Waals surface area contributed by atoms with Crippen molar-refractivity contribution >= 4 is 23.2 Å². The lowest BCUT2D eigenvalue weighted by Gasteiger charge is -2.21. The molecule has 0 saturated heterocycles. The largest absolute Gasteiger partial charge is 0.207 e. The smallest absolute Gasteiger partial charge is 0.127 e. The van der Waals surface area contributed by atoms with Gasteiger partial charge >= 0.3 is 0 Å². The van der Waals surface area contributed by atoms with Crippen molar-refractivity contribution < 1.29 is 4.39 Å². The van der Waals surface area contributed by atoms with Crippen LogP contribution >= 0.6 is 23.2 Å². The van der Waals surface area contributed by atoms with Crippen LogP contribution in [0, 0.1) is 11.2 Å². The molecule has 3 heteroatoms. The molecule has 0 heterocycles.